The second kappa shape index (κ2) is 9.66. The summed E-state index contributed by atoms with van der Waals surface area (Å²) in [4.78, 5) is 36.2. The summed E-state index contributed by atoms with van der Waals surface area (Å²) < 4.78 is 0. The molecule has 1 aromatic rings. The van der Waals surface area contributed by atoms with E-state index in [0.29, 0.717) is 32.5 Å². The Kier molecular flexibility index (Phi) is 7.25. The van der Waals surface area contributed by atoms with Crippen LogP contribution in [0, 0.1) is 0 Å². The van der Waals surface area contributed by atoms with E-state index >= 15 is 0 Å². The van der Waals surface area contributed by atoms with Crippen LogP contribution in [0.1, 0.15) is 31.2 Å². The second-order valence-electron chi connectivity index (χ2n) is 6.21. The summed E-state index contributed by atoms with van der Waals surface area (Å²) in [5, 5.41) is 14.0. The number of benzene rings is 1. The minimum atomic E-state index is -0.873. The van der Waals surface area contributed by atoms with Crippen molar-refractivity contribution in [2.45, 2.75) is 38.1 Å². The summed E-state index contributed by atoms with van der Waals surface area (Å²) in [6.45, 7) is 1.50. The van der Waals surface area contributed by atoms with Crippen molar-refractivity contribution in [2.75, 3.05) is 19.6 Å². The molecule has 7 nitrogen and oxygen atoms in total. The summed E-state index contributed by atoms with van der Waals surface area (Å²) in [7, 11) is 0. The quantitative estimate of drug-likeness (QED) is 0.619. The first-order valence-corrected chi connectivity index (χ1v) is 8.62. The predicted molar refractivity (Wildman–Crippen MR) is 93.2 cm³/mol. The number of hydrogen-bond donors (Lipinski definition) is 3. The Hall–Kier alpha value is -2.57. The zero-order chi connectivity index (χ0) is 18.1. The molecule has 3 N–H and O–H groups in total. The van der Waals surface area contributed by atoms with E-state index in [-0.39, 0.29) is 24.4 Å². The highest BCUT2D eigenvalue weighted by Gasteiger charge is 2.26. The fourth-order valence-corrected chi connectivity index (χ4v) is 2.84. The number of carboxylic acids is 1. The number of rotatable bonds is 8. The van der Waals surface area contributed by atoms with Gasteiger partial charge in [-0.05, 0) is 24.8 Å². The highest BCUT2D eigenvalue weighted by atomic mass is 16.4. The van der Waals surface area contributed by atoms with Crippen LogP contribution in [0.15, 0.2) is 30.3 Å². The van der Waals surface area contributed by atoms with Gasteiger partial charge in [-0.3, -0.25) is 9.59 Å². The summed E-state index contributed by atoms with van der Waals surface area (Å²) >= 11 is 0. The van der Waals surface area contributed by atoms with Gasteiger partial charge in [-0.25, -0.2) is 4.79 Å². The molecule has 2 rings (SSSR count). The van der Waals surface area contributed by atoms with Gasteiger partial charge in [0.1, 0.15) is 0 Å². The first-order chi connectivity index (χ1) is 12.0. The van der Waals surface area contributed by atoms with Gasteiger partial charge in [-0.2, -0.15) is 0 Å². The molecule has 1 heterocycles. The maximum absolute atomic E-state index is 12.3. The van der Waals surface area contributed by atoms with Gasteiger partial charge in [0.25, 0.3) is 0 Å². The third-order valence-electron chi connectivity index (χ3n) is 4.20. The summed E-state index contributed by atoms with van der Waals surface area (Å²) in [6, 6.07) is 9.53. The van der Waals surface area contributed by atoms with E-state index in [1.165, 1.54) is 0 Å². The number of likely N-dealkylation sites (tertiary alicyclic amines) is 1. The van der Waals surface area contributed by atoms with Crippen LogP contribution < -0.4 is 10.6 Å². The number of aryl methyl sites for hydroxylation is 1. The molecular weight excluding hydrogens is 322 g/mol. The van der Waals surface area contributed by atoms with Crippen molar-refractivity contribution >= 4 is 17.9 Å². The maximum atomic E-state index is 12.3. The van der Waals surface area contributed by atoms with Crippen LogP contribution in [0.5, 0.6) is 0 Å². The average Bonchev–Trinajstić information content (AvgIpc) is 3.06. The van der Waals surface area contributed by atoms with Crippen LogP contribution in [0.2, 0.25) is 0 Å². The zero-order valence-electron chi connectivity index (χ0n) is 14.2. The van der Waals surface area contributed by atoms with Crippen LogP contribution in [-0.2, 0) is 16.0 Å². The third kappa shape index (κ3) is 6.82. The van der Waals surface area contributed by atoms with Crippen LogP contribution in [-0.4, -0.2) is 53.6 Å². The van der Waals surface area contributed by atoms with Crippen molar-refractivity contribution in [3.05, 3.63) is 35.9 Å². The largest absolute Gasteiger partial charge is 0.481 e. The molecule has 0 radical (unpaired) electrons. The molecule has 3 amide bonds. The topological polar surface area (TPSA) is 98.7 Å². The number of nitrogens with one attached hydrogen (secondary N) is 2. The number of carboxylic acid groups (broad SMARTS) is 1. The Morgan fingerprint density at radius 3 is 2.64 bits per heavy atom. The summed E-state index contributed by atoms with van der Waals surface area (Å²) in [5.41, 5.74) is 1.14. The van der Waals surface area contributed by atoms with Gasteiger partial charge in [-0.15, -0.1) is 0 Å². The molecule has 1 fully saturated rings. The Morgan fingerprint density at radius 2 is 1.92 bits per heavy atom. The lowest BCUT2D eigenvalue weighted by molar-refractivity contribution is -0.137. The molecule has 7 heteroatoms. The lowest BCUT2D eigenvalue weighted by atomic mass is 10.1. The summed E-state index contributed by atoms with van der Waals surface area (Å²) in [6.07, 6.45) is 2.36. The Balaban J connectivity index is 1.64. The Bertz CT molecular complexity index is 591. The lowest BCUT2D eigenvalue weighted by Gasteiger charge is -2.17. The molecule has 0 aliphatic carbocycles. The van der Waals surface area contributed by atoms with Crippen LogP contribution in [0.4, 0.5) is 4.79 Å². The Morgan fingerprint density at radius 1 is 1.16 bits per heavy atom. The normalized spacial score (nSPS) is 16.5. The van der Waals surface area contributed by atoms with E-state index in [2.05, 4.69) is 10.6 Å². The van der Waals surface area contributed by atoms with Crippen molar-refractivity contribution in [2.24, 2.45) is 0 Å². The van der Waals surface area contributed by atoms with Gasteiger partial charge in [0, 0.05) is 38.5 Å². The van der Waals surface area contributed by atoms with Gasteiger partial charge in [0.2, 0.25) is 5.91 Å². The number of carbonyl (C=O) groups excluding carboxylic acids is 2. The van der Waals surface area contributed by atoms with Crippen LogP contribution >= 0.6 is 0 Å². The van der Waals surface area contributed by atoms with E-state index < -0.39 is 5.97 Å². The van der Waals surface area contributed by atoms with Crippen LogP contribution in [0.3, 0.4) is 0 Å². The molecule has 0 bridgehead atoms. The van der Waals surface area contributed by atoms with Gasteiger partial charge in [0.05, 0.1) is 0 Å². The van der Waals surface area contributed by atoms with E-state index in [9.17, 15) is 14.4 Å². The number of aliphatic carboxylic acids is 1. The number of amides is 3. The average molecular weight is 347 g/mol. The molecule has 25 heavy (non-hydrogen) atoms. The number of carbonyl (C=O) groups is 3. The summed E-state index contributed by atoms with van der Waals surface area (Å²) in [5.74, 6) is -0.766. The second-order valence-corrected chi connectivity index (χ2v) is 6.21. The number of nitrogens with zero attached hydrogens (tertiary/aromatic N) is 1. The maximum Gasteiger partial charge on any atom is 0.315 e. The zero-order valence-corrected chi connectivity index (χ0v) is 14.2. The molecular formula is C18H25N3O4. The fourth-order valence-electron chi connectivity index (χ4n) is 2.84. The molecule has 0 aromatic heterocycles. The van der Waals surface area contributed by atoms with Crippen LogP contribution in [0.25, 0.3) is 0 Å². The van der Waals surface area contributed by atoms with E-state index in [1.807, 2.05) is 30.3 Å². The number of urea groups is 1. The molecule has 1 aliphatic heterocycles. The highest BCUT2D eigenvalue weighted by molar-refractivity contribution is 5.77. The van der Waals surface area contributed by atoms with Gasteiger partial charge >= 0.3 is 12.0 Å². The van der Waals surface area contributed by atoms with Crippen molar-refractivity contribution in [3.63, 3.8) is 0 Å². The standard InChI is InChI=1S/C18H25N3O4/c22-16(9-8-14-5-2-1-3-6-14)21-12-10-15(13-21)20-18(25)19-11-4-7-17(23)24/h1-3,5-6,15H,4,7-13H2,(H,23,24)(H2,19,20,25). The molecule has 1 aliphatic rings. The predicted octanol–water partition coefficient (Wildman–Crippen LogP) is 1.38. The minimum absolute atomic E-state index is 0.0351. The first-order valence-electron chi connectivity index (χ1n) is 8.62. The smallest absolute Gasteiger partial charge is 0.315 e. The SMILES string of the molecule is O=C(O)CCCNC(=O)NC1CCN(C(=O)CCc2ccccc2)C1. The molecule has 136 valence electrons. The van der Waals surface area contributed by atoms with Crippen molar-refractivity contribution in [1.29, 1.82) is 0 Å². The van der Waals surface area contributed by atoms with Gasteiger partial charge in [-0.1, -0.05) is 30.3 Å². The molecule has 1 atom stereocenters. The van der Waals surface area contributed by atoms with Crippen molar-refractivity contribution in [3.8, 4) is 0 Å². The van der Waals surface area contributed by atoms with E-state index in [1.54, 1.807) is 4.90 Å². The number of hydrogen-bond acceptors (Lipinski definition) is 3. The molecule has 0 spiro atoms. The van der Waals surface area contributed by atoms with Gasteiger partial charge < -0.3 is 20.6 Å². The first kappa shape index (κ1) is 18.8. The minimum Gasteiger partial charge on any atom is -0.481 e. The van der Waals surface area contributed by atoms with Crippen molar-refractivity contribution in [1.82, 2.24) is 15.5 Å². The molecule has 1 aromatic carbocycles. The third-order valence-corrected chi connectivity index (χ3v) is 4.20. The fraction of sp³-hybridized carbons (Fsp3) is 0.500. The molecule has 1 saturated heterocycles. The lowest BCUT2D eigenvalue weighted by Crippen LogP contribution is -2.44. The van der Waals surface area contributed by atoms with E-state index in [0.717, 1.165) is 18.4 Å². The molecule has 0 saturated carbocycles. The van der Waals surface area contributed by atoms with Gasteiger partial charge in [0.15, 0.2) is 0 Å². The highest BCUT2D eigenvalue weighted by Crippen LogP contribution is 2.12. The van der Waals surface area contributed by atoms with Crippen molar-refractivity contribution < 1.29 is 19.5 Å². The monoisotopic (exact) mass is 347 g/mol. The molecule has 1 unspecified atom stereocenters. The van der Waals surface area contributed by atoms with E-state index in [4.69, 9.17) is 5.11 Å². The Labute approximate surface area is 147 Å².